The van der Waals surface area contributed by atoms with Crippen molar-refractivity contribution in [3.63, 3.8) is 0 Å². The van der Waals surface area contributed by atoms with Crippen LogP contribution in [-0.4, -0.2) is 12.5 Å². The molecule has 4 heteroatoms. The van der Waals surface area contributed by atoms with Crippen LogP contribution in [0.5, 0.6) is 0 Å². The van der Waals surface area contributed by atoms with Gasteiger partial charge in [0.1, 0.15) is 0 Å². The van der Waals surface area contributed by atoms with Crippen molar-refractivity contribution in [3.8, 4) is 0 Å². The molecule has 0 aliphatic carbocycles. The van der Waals surface area contributed by atoms with Gasteiger partial charge >= 0.3 is 0 Å². The Balaban J connectivity index is 1.84. The van der Waals surface area contributed by atoms with E-state index in [0.717, 1.165) is 34.3 Å². The predicted molar refractivity (Wildman–Crippen MR) is 84.8 cm³/mol. The van der Waals surface area contributed by atoms with Gasteiger partial charge in [0.25, 0.3) is 0 Å². The molecule has 1 aliphatic heterocycles. The molecule has 0 bridgehead atoms. The Morgan fingerprint density at radius 3 is 2.85 bits per heavy atom. The second kappa shape index (κ2) is 5.29. The summed E-state index contributed by atoms with van der Waals surface area (Å²) in [7, 11) is 0. The van der Waals surface area contributed by atoms with E-state index in [2.05, 4.69) is 15.9 Å². The van der Waals surface area contributed by atoms with E-state index in [-0.39, 0.29) is 5.91 Å². The fourth-order valence-corrected chi connectivity index (χ4v) is 3.10. The Kier molecular flexibility index (Phi) is 3.49. The van der Waals surface area contributed by atoms with Crippen LogP contribution in [0.2, 0.25) is 0 Å². The summed E-state index contributed by atoms with van der Waals surface area (Å²) in [5.41, 5.74) is 9.76. The summed E-state index contributed by atoms with van der Waals surface area (Å²) >= 11 is 3.43. The molecule has 2 aromatic carbocycles. The van der Waals surface area contributed by atoms with Gasteiger partial charge in [0.15, 0.2) is 0 Å². The highest BCUT2D eigenvalue weighted by molar-refractivity contribution is 9.10. The molecule has 0 fully saturated rings. The van der Waals surface area contributed by atoms with E-state index in [9.17, 15) is 4.79 Å². The summed E-state index contributed by atoms with van der Waals surface area (Å²) < 4.78 is 0.990. The predicted octanol–water partition coefficient (Wildman–Crippen LogP) is 3.16. The number of anilines is 2. The number of para-hydroxylation sites is 1. The van der Waals surface area contributed by atoms with Crippen LogP contribution >= 0.6 is 15.9 Å². The first kappa shape index (κ1) is 13.2. The van der Waals surface area contributed by atoms with Crippen LogP contribution < -0.4 is 10.6 Å². The highest BCUT2D eigenvalue weighted by atomic mass is 79.9. The lowest BCUT2D eigenvalue weighted by Gasteiger charge is -2.19. The quantitative estimate of drug-likeness (QED) is 0.859. The molecule has 0 aromatic heterocycles. The van der Waals surface area contributed by atoms with E-state index >= 15 is 0 Å². The van der Waals surface area contributed by atoms with Crippen molar-refractivity contribution < 1.29 is 4.79 Å². The van der Waals surface area contributed by atoms with E-state index in [1.54, 1.807) is 0 Å². The van der Waals surface area contributed by atoms with Crippen molar-refractivity contribution >= 4 is 33.2 Å². The monoisotopic (exact) mass is 330 g/mol. The minimum Gasteiger partial charge on any atom is -0.397 e. The van der Waals surface area contributed by atoms with Crippen molar-refractivity contribution in [2.24, 2.45) is 0 Å². The molecule has 1 amide bonds. The molecular formula is C16H15BrN2O. The Labute approximate surface area is 126 Å². The number of rotatable bonds is 2. The molecule has 102 valence electrons. The van der Waals surface area contributed by atoms with Crippen molar-refractivity contribution in [2.45, 2.75) is 12.8 Å². The van der Waals surface area contributed by atoms with Gasteiger partial charge in [-0.15, -0.1) is 0 Å². The second-order valence-corrected chi connectivity index (χ2v) is 5.87. The summed E-state index contributed by atoms with van der Waals surface area (Å²) in [6, 6.07) is 13.7. The minimum atomic E-state index is 0.0970. The number of benzene rings is 2. The number of carbonyl (C=O) groups is 1. The highest BCUT2D eigenvalue weighted by Crippen LogP contribution is 2.34. The number of nitrogens with zero attached hydrogens (tertiary/aromatic N) is 1. The number of nitrogen functional groups attached to an aromatic ring is 1. The SMILES string of the molecule is Nc1cccc2c1N(C(=O)Cc1cccc(Br)c1)CC2. The zero-order chi connectivity index (χ0) is 14.1. The maximum absolute atomic E-state index is 12.5. The molecule has 1 heterocycles. The lowest BCUT2D eigenvalue weighted by Crippen LogP contribution is -2.30. The van der Waals surface area contributed by atoms with Gasteiger partial charge < -0.3 is 10.6 Å². The molecule has 0 saturated carbocycles. The van der Waals surface area contributed by atoms with Gasteiger partial charge in [-0.2, -0.15) is 0 Å². The third kappa shape index (κ3) is 2.43. The summed E-state index contributed by atoms with van der Waals surface area (Å²) in [5, 5.41) is 0. The highest BCUT2D eigenvalue weighted by Gasteiger charge is 2.26. The summed E-state index contributed by atoms with van der Waals surface area (Å²) in [5.74, 6) is 0.0970. The zero-order valence-electron chi connectivity index (χ0n) is 11.0. The van der Waals surface area contributed by atoms with Crippen molar-refractivity contribution in [1.82, 2.24) is 0 Å². The first-order valence-electron chi connectivity index (χ1n) is 6.57. The van der Waals surface area contributed by atoms with Crippen LogP contribution in [0.25, 0.3) is 0 Å². The Morgan fingerprint density at radius 1 is 1.25 bits per heavy atom. The van der Waals surface area contributed by atoms with Crippen LogP contribution in [0.3, 0.4) is 0 Å². The van der Waals surface area contributed by atoms with Crippen LogP contribution in [0.15, 0.2) is 46.9 Å². The van der Waals surface area contributed by atoms with Crippen LogP contribution in [0, 0.1) is 0 Å². The molecule has 0 saturated heterocycles. The van der Waals surface area contributed by atoms with Gasteiger partial charge in [0.05, 0.1) is 17.8 Å². The number of halogens is 1. The molecule has 3 nitrogen and oxygen atoms in total. The fraction of sp³-hybridized carbons (Fsp3) is 0.188. The average Bonchev–Trinajstić information content (AvgIpc) is 2.84. The Bertz CT molecular complexity index is 669. The van der Waals surface area contributed by atoms with Gasteiger partial charge in [-0.05, 0) is 35.7 Å². The molecule has 0 atom stereocenters. The normalized spacial score (nSPS) is 13.3. The largest absolute Gasteiger partial charge is 0.397 e. The lowest BCUT2D eigenvalue weighted by atomic mass is 10.1. The average molecular weight is 331 g/mol. The molecule has 0 unspecified atom stereocenters. The standard InChI is InChI=1S/C16H15BrN2O/c17-13-5-1-3-11(9-13)10-15(20)19-8-7-12-4-2-6-14(18)16(12)19/h1-6,9H,7-8,10,18H2. The maximum atomic E-state index is 12.5. The summed E-state index contributed by atoms with van der Waals surface area (Å²) in [6.07, 6.45) is 1.28. The molecule has 2 aromatic rings. The van der Waals surface area contributed by atoms with Crippen molar-refractivity contribution in [1.29, 1.82) is 0 Å². The van der Waals surface area contributed by atoms with E-state index < -0.39 is 0 Å². The molecule has 2 N–H and O–H groups in total. The zero-order valence-corrected chi connectivity index (χ0v) is 12.6. The number of fused-ring (bicyclic) bond motifs is 1. The van der Waals surface area contributed by atoms with E-state index in [4.69, 9.17) is 5.73 Å². The third-order valence-corrected chi connectivity index (χ3v) is 4.06. The Morgan fingerprint density at radius 2 is 2.05 bits per heavy atom. The minimum absolute atomic E-state index is 0.0970. The molecule has 1 aliphatic rings. The number of hydrogen-bond acceptors (Lipinski definition) is 2. The van der Waals surface area contributed by atoms with E-state index in [1.807, 2.05) is 47.4 Å². The van der Waals surface area contributed by atoms with Crippen LogP contribution in [0.1, 0.15) is 11.1 Å². The molecule has 0 spiro atoms. The fourth-order valence-electron chi connectivity index (χ4n) is 2.65. The van der Waals surface area contributed by atoms with E-state index in [1.165, 1.54) is 0 Å². The van der Waals surface area contributed by atoms with Gasteiger partial charge in [0, 0.05) is 11.0 Å². The van der Waals surface area contributed by atoms with Crippen LogP contribution in [0.4, 0.5) is 11.4 Å². The third-order valence-electron chi connectivity index (χ3n) is 3.57. The van der Waals surface area contributed by atoms with Crippen LogP contribution in [-0.2, 0) is 17.6 Å². The smallest absolute Gasteiger partial charge is 0.231 e. The number of carbonyl (C=O) groups excluding carboxylic acids is 1. The van der Waals surface area contributed by atoms with E-state index in [0.29, 0.717) is 12.1 Å². The summed E-state index contributed by atoms with van der Waals surface area (Å²) in [4.78, 5) is 14.3. The topological polar surface area (TPSA) is 46.3 Å². The maximum Gasteiger partial charge on any atom is 0.231 e. The van der Waals surface area contributed by atoms with Gasteiger partial charge in [0.2, 0.25) is 5.91 Å². The van der Waals surface area contributed by atoms with Gasteiger partial charge in [-0.25, -0.2) is 0 Å². The Hall–Kier alpha value is -1.81. The van der Waals surface area contributed by atoms with Gasteiger partial charge in [-0.1, -0.05) is 40.2 Å². The first-order valence-corrected chi connectivity index (χ1v) is 7.36. The lowest BCUT2D eigenvalue weighted by molar-refractivity contribution is -0.117. The van der Waals surface area contributed by atoms with Crippen molar-refractivity contribution in [2.75, 3.05) is 17.2 Å². The molecule has 20 heavy (non-hydrogen) atoms. The summed E-state index contributed by atoms with van der Waals surface area (Å²) in [6.45, 7) is 0.719. The number of amides is 1. The number of nitrogens with two attached hydrogens (primary N) is 1. The molecule has 0 radical (unpaired) electrons. The van der Waals surface area contributed by atoms with Crippen molar-refractivity contribution in [3.05, 3.63) is 58.1 Å². The number of hydrogen-bond donors (Lipinski definition) is 1. The molecule has 3 rings (SSSR count). The first-order chi connectivity index (χ1) is 9.65. The molecular weight excluding hydrogens is 316 g/mol. The van der Waals surface area contributed by atoms with Gasteiger partial charge in [-0.3, -0.25) is 4.79 Å². The second-order valence-electron chi connectivity index (χ2n) is 4.96.